The molecule has 0 aliphatic carbocycles. The van der Waals surface area contributed by atoms with E-state index in [1.165, 1.54) is 0 Å². The fraction of sp³-hybridized carbons (Fsp3) is 0.467. The molecule has 0 bridgehead atoms. The highest BCUT2D eigenvalue weighted by Crippen LogP contribution is 2.43. The van der Waals surface area contributed by atoms with Crippen molar-refractivity contribution < 1.29 is 9.59 Å². The summed E-state index contributed by atoms with van der Waals surface area (Å²) in [7, 11) is 0. The van der Waals surface area contributed by atoms with Crippen molar-refractivity contribution in [3.05, 3.63) is 29.8 Å². The van der Waals surface area contributed by atoms with Crippen LogP contribution < -0.4 is 5.32 Å². The fourth-order valence-corrected chi connectivity index (χ4v) is 3.22. The lowest BCUT2D eigenvalue weighted by Crippen LogP contribution is -2.52. The molecule has 1 atom stereocenters. The Morgan fingerprint density at radius 2 is 2.11 bits per heavy atom. The zero-order valence-corrected chi connectivity index (χ0v) is 11.1. The number of hydrogen-bond acceptors (Lipinski definition) is 2. The number of amides is 2. The monoisotopic (exact) mass is 258 g/mol. The largest absolute Gasteiger partial charge is 0.341 e. The highest BCUT2D eigenvalue weighted by Gasteiger charge is 2.50. The van der Waals surface area contributed by atoms with Crippen LogP contribution in [0.1, 0.15) is 31.7 Å². The van der Waals surface area contributed by atoms with Gasteiger partial charge in [0, 0.05) is 25.2 Å². The number of para-hydroxylation sites is 1. The summed E-state index contributed by atoms with van der Waals surface area (Å²) < 4.78 is 0. The lowest BCUT2D eigenvalue weighted by atomic mass is 9.75. The van der Waals surface area contributed by atoms with Gasteiger partial charge in [-0.2, -0.15) is 0 Å². The maximum Gasteiger partial charge on any atom is 0.236 e. The minimum absolute atomic E-state index is 0.0438. The number of carbonyl (C=O) groups is 2. The quantitative estimate of drug-likeness (QED) is 0.881. The van der Waals surface area contributed by atoms with Crippen molar-refractivity contribution in [2.45, 2.75) is 31.6 Å². The number of carbonyl (C=O) groups excluding carboxylic acids is 2. The Kier molecular flexibility index (Phi) is 2.81. The van der Waals surface area contributed by atoms with Crippen molar-refractivity contribution in [1.82, 2.24) is 4.90 Å². The average Bonchev–Trinajstić information content (AvgIpc) is 2.68. The SMILES string of the molecule is CCCN1CC2(CCC1=O)C(=O)Nc1ccccc12. The van der Waals surface area contributed by atoms with Crippen LogP contribution in [0.4, 0.5) is 5.69 Å². The first-order chi connectivity index (χ1) is 9.17. The molecule has 2 aliphatic heterocycles. The zero-order chi connectivity index (χ0) is 13.5. The van der Waals surface area contributed by atoms with Gasteiger partial charge in [0.1, 0.15) is 0 Å². The highest BCUT2D eigenvalue weighted by atomic mass is 16.2. The van der Waals surface area contributed by atoms with Gasteiger partial charge < -0.3 is 10.2 Å². The second-order valence-electron chi connectivity index (χ2n) is 5.40. The normalized spacial score (nSPS) is 25.6. The Labute approximate surface area is 112 Å². The minimum atomic E-state index is -0.528. The van der Waals surface area contributed by atoms with Crippen molar-refractivity contribution >= 4 is 17.5 Å². The van der Waals surface area contributed by atoms with Gasteiger partial charge in [0.15, 0.2) is 0 Å². The molecular weight excluding hydrogens is 240 g/mol. The number of nitrogens with one attached hydrogen (secondary N) is 1. The standard InChI is InChI=1S/C15H18N2O2/c1-2-9-17-10-15(8-7-13(17)18)11-5-3-4-6-12(11)16-14(15)19/h3-6H,2,7-10H2,1H3,(H,16,19). The van der Waals surface area contributed by atoms with Gasteiger partial charge in [-0.15, -0.1) is 0 Å². The number of nitrogens with zero attached hydrogens (tertiary/aromatic N) is 1. The van der Waals surface area contributed by atoms with E-state index < -0.39 is 5.41 Å². The molecule has 1 aromatic carbocycles. The second kappa shape index (κ2) is 4.37. The summed E-state index contributed by atoms with van der Waals surface area (Å²) in [6, 6.07) is 7.83. The van der Waals surface area contributed by atoms with Gasteiger partial charge >= 0.3 is 0 Å². The summed E-state index contributed by atoms with van der Waals surface area (Å²) in [6.45, 7) is 3.30. The first-order valence-corrected chi connectivity index (χ1v) is 6.86. The van der Waals surface area contributed by atoms with Crippen LogP contribution in [0, 0.1) is 0 Å². The minimum Gasteiger partial charge on any atom is -0.341 e. The molecule has 1 fully saturated rings. The lowest BCUT2D eigenvalue weighted by molar-refractivity contribution is -0.138. The number of piperidine rings is 1. The van der Waals surface area contributed by atoms with Gasteiger partial charge in [0.25, 0.3) is 0 Å². The number of hydrogen-bond donors (Lipinski definition) is 1. The van der Waals surface area contributed by atoms with E-state index >= 15 is 0 Å². The van der Waals surface area contributed by atoms with Gasteiger partial charge in [-0.25, -0.2) is 0 Å². The third kappa shape index (κ3) is 1.74. The van der Waals surface area contributed by atoms with Crippen LogP contribution >= 0.6 is 0 Å². The van der Waals surface area contributed by atoms with E-state index in [4.69, 9.17) is 0 Å². The predicted molar refractivity (Wildman–Crippen MR) is 72.9 cm³/mol. The van der Waals surface area contributed by atoms with Crippen molar-refractivity contribution in [2.75, 3.05) is 18.4 Å². The van der Waals surface area contributed by atoms with Crippen molar-refractivity contribution in [3.63, 3.8) is 0 Å². The van der Waals surface area contributed by atoms with Crippen LogP contribution in [0.15, 0.2) is 24.3 Å². The summed E-state index contributed by atoms with van der Waals surface area (Å²) in [5.41, 5.74) is 1.42. The maximum atomic E-state index is 12.4. The Balaban J connectivity index is 1.99. The van der Waals surface area contributed by atoms with E-state index in [0.717, 1.165) is 24.2 Å². The van der Waals surface area contributed by atoms with Crippen LogP contribution in [-0.2, 0) is 15.0 Å². The van der Waals surface area contributed by atoms with Crippen LogP contribution in [0.2, 0.25) is 0 Å². The van der Waals surface area contributed by atoms with E-state index in [1.54, 1.807) is 0 Å². The molecule has 1 spiro atoms. The maximum absolute atomic E-state index is 12.4. The van der Waals surface area contributed by atoms with Crippen molar-refractivity contribution in [2.24, 2.45) is 0 Å². The Morgan fingerprint density at radius 3 is 2.89 bits per heavy atom. The molecule has 0 saturated carbocycles. The number of benzene rings is 1. The van der Waals surface area contributed by atoms with E-state index in [2.05, 4.69) is 12.2 Å². The van der Waals surface area contributed by atoms with Gasteiger partial charge in [-0.05, 0) is 24.5 Å². The molecular formula is C15H18N2O2. The topological polar surface area (TPSA) is 49.4 Å². The fourth-order valence-electron chi connectivity index (χ4n) is 3.22. The van der Waals surface area contributed by atoms with Crippen molar-refractivity contribution in [3.8, 4) is 0 Å². The third-order valence-corrected chi connectivity index (χ3v) is 4.20. The van der Waals surface area contributed by atoms with Gasteiger partial charge in [0.2, 0.25) is 11.8 Å². The van der Waals surface area contributed by atoms with E-state index in [9.17, 15) is 9.59 Å². The molecule has 0 aromatic heterocycles. The van der Waals surface area contributed by atoms with Crippen LogP contribution in [-0.4, -0.2) is 29.8 Å². The molecule has 4 heteroatoms. The van der Waals surface area contributed by atoms with Gasteiger partial charge in [-0.1, -0.05) is 25.1 Å². The van der Waals surface area contributed by atoms with Crippen LogP contribution in [0.3, 0.4) is 0 Å². The zero-order valence-electron chi connectivity index (χ0n) is 11.1. The number of fused-ring (bicyclic) bond motifs is 2. The molecule has 100 valence electrons. The predicted octanol–water partition coefficient (Wildman–Crippen LogP) is 1.91. The molecule has 2 amide bonds. The Morgan fingerprint density at radius 1 is 1.32 bits per heavy atom. The summed E-state index contributed by atoms with van der Waals surface area (Å²) in [6.07, 6.45) is 2.00. The highest BCUT2D eigenvalue weighted by molar-refractivity contribution is 6.07. The summed E-state index contributed by atoms with van der Waals surface area (Å²) in [5.74, 6) is 0.215. The first-order valence-electron chi connectivity index (χ1n) is 6.86. The molecule has 19 heavy (non-hydrogen) atoms. The number of rotatable bonds is 2. The third-order valence-electron chi connectivity index (χ3n) is 4.20. The van der Waals surface area contributed by atoms with E-state index in [1.807, 2.05) is 29.2 Å². The molecule has 2 heterocycles. The molecule has 4 nitrogen and oxygen atoms in total. The molecule has 1 unspecified atom stereocenters. The van der Waals surface area contributed by atoms with Crippen LogP contribution in [0.25, 0.3) is 0 Å². The second-order valence-corrected chi connectivity index (χ2v) is 5.40. The van der Waals surface area contributed by atoms with Crippen LogP contribution in [0.5, 0.6) is 0 Å². The molecule has 1 aromatic rings. The summed E-state index contributed by atoms with van der Waals surface area (Å²) in [5, 5.41) is 2.96. The van der Waals surface area contributed by atoms with E-state index in [0.29, 0.717) is 19.4 Å². The average molecular weight is 258 g/mol. The molecule has 1 saturated heterocycles. The number of likely N-dealkylation sites (tertiary alicyclic amines) is 1. The summed E-state index contributed by atoms with van der Waals surface area (Å²) >= 11 is 0. The smallest absolute Gasteiger partial charge is 0.236 e. The lowest BCUT2D eigenvalue weighted by Gasteiger charge is -2.38. The molecule has 1 N–H and O–H groups in total. The number of anilines is 1. The van der Waals surface area contributed by atoms with E-state index in [-0.39, 0.29) is 11.8 Å². The van der Waals surface area contributed by atoms with Gasteiger partial charge in [0.05, 0.1) is 5.41 Å². The molecule has 0 radical (unpaired) electrons. The molecule has 3 rings (SSSR count). The van der Waals surface area contributed by atoms with Crippen molar-refractivity contribution in [1.29, 1.82) is 0 Å². The molecule has 2 aliphatic rings. The summed E-state index contributed by atoms with van der Waals surface area (Å²) in [4.78, 5) is 26.2. The Bertz CT molecular complexity index is 541. The first kappa shape index (κ1) is 12.2. The Hall–Kier alpha value is -1.84. The van der Waals surface area contributed by atoms with Gasteiger partial charge in [-0.3, -0.25) is 9.59 Å².